The summed E-state index contributed by atoms with van der Waals surface area (Å²) < 4.78 is 0. The maximum absolute atomic E-state index is 12.2. The van der Waals surface area contributed by atoms with E-state index >= 15 is 0 Å². The third kappa shape index (κ3) is 3.26. The molecule has 2 heterocycles. The third-order valence-electron chi connectivity index (χ3n) is 3.94. The van der Waals surface area contributed by atoms with Crippen LogP contribution in [0.15, 0.2) is 11.2 Å². The van der Waals surface area contributed by atoms with Crippen molar-refractivity contribution >= 4 is 34.7 Å². The average Bonchev–Trinajstić information content (AvgIpc) is 2.89. The molecule has 1 saturated heterocycles. The molecular formula is C15H20N2OS2. The van der Waals surface area contributed by atoms with Crippen LogP contribution in [0.2, 0.25) is 0 Å². The number of hydrazone groups is 1. The Labute approximate surface area is 128 Å². The number of amides is 1. The van der Waals surface area contributed by atoms with Gasteiger partial charge in [0.1, 0.15) is 0 Å². The van der Waals surface area contributed by atoms with Crippen LogP contribution in [0.4, 0.5) is 0 Å². The van der Waals surface area contributed by atoms with E-state index in [0.29, 0.717) is 0 Å². The molecule has 1 aromatic rings. The van der Waals surface area contributed by atoms with E-state index in [1.165, 1.54) is 16.9 Å². The summed E-state index contributed by atoms with van der Waals surface area (Å²) in [4.78, 5) is 14.4. The predicted molar refractivity (Wildman–Crippen MR) is 87.0 cm³/mol. The van der Waals surface area contributed by atoms with Gasteiger partial charge in [0.15, 0.2) is 0 Å². The summed E-state index contributed by atoms with van der Waals surface area (Å²) in [6, 6.07) is 2.07. The molecule has 0 bridgehead atoms. The lowest BCUT2D eigenvalue weighted by Gasteiger charge is -2.16. The molecule has 0 aromatic carbocycles. The zero-order valence-corrected chi connectivity index (χ0v) is 13.4. The summed E-state index contributed by atoms with van der Waals surface area (Å²) in [5.41, 5.74) is 5.25. The van der Waals surface area contributed by atoms with Gasteiger partial charge >= 0.3 is 0 Å². The van der Waals surface area contributed by atoms with Gasteiger partial charge in [-0.25, -0.2) is 5.43 Å². The topological polar surface area (TPSA) is 41.5 Å². The van der Waals surface area contributed by atoms with E-state index in [2.05, 4.69) is 23.5 Å². The van der Waals surface area contributed by atoms with Gasteiger partial charge < -0.3 is 0 Å². The normalized spacial score (nSPS) is 22.2. The van der Waals surface area contributed by atoms with Crippen LogP contribution < -0.4 is 5.43 Å². The van der Waals surface area contributed by atoms with E-state index in [0.717, 1.165) is 53.7 Å². The zero-order valence-electron chi connectivity index (χ0n) is 11.8. The Bertz CT molecular complexity index is 528. The van der Waals surface area contributed by atoms with E-state index in [-0.39, 0.29) is 5.91 Å². The van der Waals surface area contributed by atoms with Gasteiger partial charge in [-0.15, -0.1) is 11.3 Å². The minimum atomic E-state index is -0.0391. The average molecular weight is 308 g/mol. The number of aryl methyl sites for hydroxylation is 1. The third-order valence-corrected chi connectivity index (χ3v) is 6.16. The Hall–Kier alpha value is -0.810. The number of rotatable bonds is 2. The van der Waals surface area contributed by atoms with Crippen LogP contribution in [0.3, 0.4) is 0 Å². The van der Waals surface area contributed by atoms with Gasteiger partial charge in [0.2, 0.25) is 0 Å². The van der Waals surface area contributed by atoms with E-state index in [1.54, 1.807) is 11.3 Å². The summed E-state index contributed by atoms with van der Waals surface area (Å²) in [6.45, 7) is 2.29. The van der Waals surface area contributed by atoms with Crippen molar-refractivity contribution in [3.63, 3.8) is 0 Å². The Balaban J connectivity index is 1.65. The molecule has 1 aromatic heterocycles. The monoisotopic (exact) mass is 308 g/mol. The fraction of sp³-hybridized carbons (Fsp3) is 0.600. The Kier molecular flexibility index (Phi) is 4.46. The molecule has 108 valence electrons. The van der Waals surface area contributed by atoms with E-state index in [4.69, 9.17) is 0 Å². The molecule has 1 fully saturated rings. The highest BCUT2D eigenvalue weighted by molar-refractivity contribution is 7.99. The lowest BCUT2D eigenvalue weighted by Crippen LogP contribution is -2.20. The smallest absolute Gasteiger partial charge is 0.266 e. The zero-order chi connectivity index (χ0) is 13.9. The summed E-state index contributed by atoms with van der Waals surface area (Å²) in [5, 5.41) is 4.29. The lowest BCUT2D eigenvalue weighted by molar-refractivity contribution is 0.0958. The molecule has 0 unspecified atom stereocenters. The fourth-order valence-corrected chi connectivity index (χ4v) is 4.78. The fourth-order valence-electron chi connectivity index (χ4n) is 2.72. The van der Waals surface area contributed by atoms with Crippen molar-refractivity contribution in [1.82, 2.24) is 5.43 Å². The SMILES string of the molecule is C[C@H]1CCc2sc(C(=O)NN=C3CCSCC3)cc2C1. The van der Waals surface area contributed by atoms with E-state index in [1.807, 2.05) is 11.8 Å². The molecule has 1 amide bonds. The first-order chi connectivity index (χ1) is 9.72. The van der Waals surface area contributed by atoms with Crippen molar-refractivity contribution in [2.45, 2.75) is 39.0 Å². The van der Waals surface area contributed by atoms with Gasteiger partial charge in [-0.05, 0) is 61.2 Å². The molecule has 3 nitrogen and oxygen atoms in total. The van der Waals surface area contributed by atoms with Gasteiger partial charge in [-0.1, -0.05) is 6.92 Å². The first kappa shape index (κ1) is 14.1. The van der Waals surface area contributed by atoms with E-state index < -0.39 is 0 Å². The van der Waals surface area contributed by atoms with Gasteiger partial charge in [-0.2, -0.15) is 16.9 Å². The molecule has 20 heavy (non-hydrogen) atoms. The number of carbonyl (C=O) groups is 1. The second kappa shape index (κ2) is 6.31. The second-order valence-corrected chi connectivity index (χ2v) is 8.00. The molecule has 1 atom stereocenters. The number of hydrogen-bond acceptors (Lipinski definition) is 4. The van der Waals surface area contributed by atoms with Crippen molar-refractivity contribution in [1.29, 1.82) is 0 Å². The van der Waals surface area contributed by atoms with Crippen LogP contribution in [0, 0.1) is 5.92 Å². The summed E-state index contributed by atoms with van der Waals surface area (Å²) in [6.07, 6.45) is 5.49. The highest BCUT2D eigenvalue weighted by atomic mass is 32.2. The number of fused-ring (bicyclic) bond motifs is 1. The van der Waals surface area contributed by atoms with Crippen molar-refractivity contribution in [2.24, 2.45) is 11.0 Å². The molecule has 3 rings (SSSR count). The molecule has 0 spiro atoms. The molecule has 0 saturated carbocycles. The Morgan fingerprint density at radius 2 is 2.15 bits per heavy atom. The maximum atomic E-state index is 12.2. The minimum absolute atomic E-state index is 0.0391. The van der Waals surface area contributed by atoms with Crippen LogP contribution in [0.5, 0.6) is 0 Å². The predicted octanol–water partition coefficient (Wildman–Crippen LogP) is 3.49. The molecule has 5 heteroatoms. The summed E-state index contributed by atoms with van der Waals surface area (Å²) >= 11 is 3.60. The van der Waals surface area contributed by atoms with Crippen LogP contribution in [0.1, 0.15) is 46.3 Å². The standard InChI is InChI=1S/C15H20N2OS2/c1-10-2-3-13-11(8-10)9-14(20-13)15(18)17-16-12-4-6-19-7-5-12/h9-10H,2-8H2,1H3,(H,17,18)/t10-/m0/s1. The van der Waals surface area contributed by atoms with Crippen LogP contribution in [-0.4, -0.2) is 23.1 Å². The number of hydrogen-bond donors (Lipinski definition) is 1. The van der Waals surface area contributed by atoms with Crippen LogP contribution in [0.25, 0.3) is 0 Å². The quantitative estimate of drug-likeness (QED) is 0.850. The van der Waals surface area contributed by atoms with Crippen LogP contribution >= 0.6 is 23.1 Å². The Morgan fingerprint density at radius 1 is 1.35 bits per heavy atom. The van der Waals surface area contributed by atoms with Crippen molar-refractivity contribution in [3.8, 4) is 0 Å². The minimum Gasteiger partial charge on any atom is -0.266 e. The molecule has 1 N–H and O–H groups in total. The molecular weight excluding hydrogens is 288 g/mol. The number of carbonyl (C=O) groups excluding carboxylic acids is 1. The highest BCUT2D eigenvalue weighted by Gasteiger charge is 2.20. The largest absolute Gasteiger partial charge is 0.281 e. The summed E-state index contributed by atoms with van der Waals surface area (Å²) in [5.74, 6) is 2.95. The van der Waals surface area contributed by atoms with Gasteiger partial charge in [-0.3, -0.25) is 4.79 Å². The molecule has 1 aliphatic heterocycles. The van der Waals surface area contributed by atoms with Crippen molar-refractivity contribution < 1.29 is 4.79 Å². The van der Waals surface area contributed by atoms with Gasteiger partial charge in [0.25, 0.3) is 5.91 Å². The van der Waals surface area contributed by atoms with Gasteiger partial charge in [0, 0.05) is 10.6 Å². The first-order valence-corrected chi connectivity index (χ1v) is 9.24. The number of thioether (sulfide) groups is 1. The van der Waals surface area contributed by atoms with Crippen molar-refractivity contribution in [3.05, 3.63) is 21.4 Å². The summed E-state index contributed by atoms with van der Waals surface area (Å²) in [7, 11) is 0. The molecule has 2 aliphatic rings. The maximum Gasteiger partial charge on any atom is 0.281 e. The molecule has 1 aliphatic carbocycles. The van der Waals surface area contributed by atoms with Crippen LogP contribution in [-0.2, 0) is 12.8 Å². The highest BCUT2D eigenvalue weighted by Crippen LogP contribution is 2.32. The van der Waals surface area contributed by atoms with Gasteiger partial charge in [0.05, 0.1) is 4.88 Å². The second-order valence-electron chi connectivity index (χ2n) is 5.64. The number of nitrogens with zero attached hydrogens (tertiary/aromatic N) is 1. The van der Waals surface area contributed by atoms with E-state index in [9.17, 15) is 4.79 Å². The first-order valence-electron chi connectivity index (χ1n) is 7.27. The Morgan fingerprint density at radius 3 is 2.95 bits per heavy atom. The number of nitrogens with one attached hydrogen (secondary N) is 1. The molecule has 0 radical (unpaired) electrons. The van der Waals surface area contributed by atoms with Crippen molar-refractivity contribution in [2.75, 3.05) is 11.5 Å². The lowest BCUT2D eigenvalue weighted by atomic mass is 9.90. The number of thiophene rings is 1.